The van der Waals surface area contributed by atoms with Crippen LogP contribution in [-0.4, -0.2) is 6.54 Å². The molecule has 1 aromatic rings. The lowest BCUT2D eigenvalue weighted by molar-refractivity contribution is 0.400. The molecule has 1 N–H and O–H groups in total. The first-order chi connectivity index (χ1) is 8.06. The Hall–Kier alpha value is -0.960. The molecule has 0 amide bonds. The van der Waals surface area contributed by atoms with Gasteiger partial charge in [0.1, 0.15) is 11.6 Å². The molecule has 0 bridgehead atoms. The van der Waals surface area contributed by atoms with Crippen molar-refractivity contribution in [1.29, 1.82) is 0 Å². The van der Waals surface area contributed by atoms with Crippen molar-refractivity contribution in [1.82, 2.24) is 5.32 Å². The van der Waals surface area contributed by atoms with Crippen molar-refractivity contribution in [3.05, 3.63) is 35.4 Å². The Balaban J connectivity index is 2.94. The van der Waals surface area contributed by atoms with E-state index < -0.39 is 11.6 Å². The van der Waals surface area contributed by atoms with Gasteiger partial charge in [0.2, 0.25) is 0 Å². The summed E-state index contributed by atoms with van der Waals surface area (Å²) in [6.45, 7) is 6.92. The highest BCUT2D eigenvalue weighted by Crippen LogP contribution is 2.26. The summed E-state index contributed by atoms with van der Waals surface area (Å²) in [5, 5.41) is 3.22. The summed E-state index contributed by atoms with van der Waals surface area (Å²) in [5.41, 5.74) is 0.176. The maximum Gasteiger partial charge on any atom is 0.130 e. The van der Waals surface area contributed by atoms with Crippen molar-refractivity contribution in [2.45, 2.75) is 39.7 Å². The number of halogens is 2. The predicted octanol–water partition coefficient (Wildman–Crippen LogP) is 4.05. The Morgan fingerprint density at radius 2 is 1.76 bits per heavy atom. The zero-order valence-corrected chi connectivity index (χ0v) is 10.8. The average molecular weight is 241 g/mol. The van der Waals surface area contributed by atoms with E-state index in [9.17, 15) is 8.78 Å². The van der Waals surface area contributed by atoms with Crippen LogP contribution in [0.1, 0.15) is 45.2 Å². The van der Waals surface area contributed by atoms with E-state index in [-0.39, 0.29) is 11.6 Å². The van der Waals surface area contributed by atoms with E-state index in [2.05, 4.69) is 19.2 Å². The quantitative estimate of drug-likeness (QED) is 0.792. The molecule has 1 aromatic carbocycles. The van der Waals surface area contributed by atoms with Crippen LogP contribution in [-0.2, 0) is 0 Å². The third kappa shape index (κ3) is 4.08. The maximum absolute atomic E-state index is 13.7. The van der Waals surface area contributed by atoms with Crippen LogP contribution < -0.4 is 5.32 Å². The molecule has 0 saturated carbocycles. The summed E-state index contributed by atoms with van der Waals surface area (Å²) in [6, 6.07) is 3.80. The van der Waals surface area contributed by atoms with E-state index in [1.54, 1.807) is 0 Å². The fourth-order valence-electron chi connectivity index (χ4n) is 1.94. The van der Waals surface area contributed by atoms with Gasteiger partial charge in [-0.15, -0.1) is 0 Å². The Bertz CT molecular complexity index is 330. The van der Waals surface area contributed by atoms with Gasteiger partial charge in [-0.05, 0) is 37.4 Å². The first-order valence-electron chi connectivity index (χ1n) is 6.23. The van der Waals surface area contributed by atoms with E-state index in [0.717, 1.165) is 19.4 Å². The Labute approximate surface area is 102 Å². The molecule has 0 heterocycles. The Morgan fingerprint density at radius 1 is 1.18 bits per heavy atom. The van der Waals surface area contributed by atoms with Gasteiger partial charge in [-0.2, -0.15) is 0 Å². The minimum Gasteiger partial charge on any atom is -0.310 e. The second-order valence-corrected chi connectivity index (χ2v) is 4.77. The van der Waals surface area contributed by atoms with Crippen molar-refractivity contribution in [3.63, 3.8) is 0 Å². The molecule has 0 aliphatic heterocycles. The van der Waals surface area contributed by atoms with Crippen LogP contribution in [0.5, 0.6) is 0 Å². The molecule has 1 unspecified atom stereocenters. The van der Waals surface area contributed by atoms with Gasteiger partial charge in [0, 0.05) is 11.6 Å². The second kappa shape index (κ2) is 6.70. The Kier molecular flexibility index (Phi) is 5.56. The molecule has 0 aliphatic carbocycles. The normalized spacial score (nSPS) is 13.1. The molecule has 1 rings (SSSR count). The lowest BCUT2D eigenvalue weighted by Gasteiger charge is -2.22. The molecule has 0 aromatic heterocycles. The van der Waals surface area contributed by atoms with E-state index in [4.69, 9.17) is 0 Å². The van der Waals surface area contributed by atoms with Crippen LogP contribution in [0.3, 0.4) is 0 Å². The zero-order valence-electron chi connectivity index (χ0n) is 10.8. The number of hydrogen-bond donors (Lipinski definition) is 1. The molecule has 1 nitrogen and oxygen atoms in total. The monoisotopic (exact) mass is 241 g/mol. The molecule has 0 saturated heterocycles. The highest BCUT2D eigenvalue weighted by Gasteiger charge is 2.20. The van der Waals surface area contributed by atoms with Gasteiger partial charge >= 0.3 is 0 Å². The van der Waals surface area contributed by atoms with Crippen molar-refractivity contribution in [2.75, 3.05) is 6.54 Å². The van der Waals surface area contributed by atoms with Gasteiger partial charge in [0.15, 0.2) is 0 Å². The lowest BCUT2D eigenvalue weighted by Crippen LogP contribution is -2.25. The minimum absolute atomic E-state index is 0.176. The summed E-state index contributed by atoms with van der Waals surface area (Å²) >= 11 is 0. The fourth-order valence-corrected chi connectivity index (χ4v) is 1.94. The maximum atomic E-state index is 13.7. The average Bonchev–Trinajstić information content (AvgIpc) is 2.24. The lowest BCUT2D eigenvalue weighted by atomic mass is 9.96. The number of hydrogen-bond acceptors (Lipinski definition) is 1. The minimum atomic E-state index is -0.459. The second-order valence-electron chi connectivity index (χ2n) is 4.77. The largest absolute Gasteiger partial charge is 0.310 e. The third-order valence-corrected chi connectivity index (χ3v) is 2.70. The molecular formula is C14H21F2N. The molecule has 0 spiro atoms. The van der Waals surface area contributed by atoms with Crippen LogP contribution in [0.4, 0.5) is 8.78 Å². The molecular weight excluding hydrogens is 220 g/mol. The van der Waals surface area contributed by atoms with Crippen molar-refractivity contribution >= 4 is 0 Å². The molecule has 96 valence electrons. The first kappa shape index (κ1) is 14.1. The zero-order chi connectivity index (χ0) is 12.8. The molecule has 17 heavy (non-hydrogen) atoms. The predicted molar refractivity (Wildman–Crippen MR) is 66.8 cm³/mol. The van der Waals surface area contributed by atoms with Crippen molar-refractivity contribution < 1.29 is 8.78 Å². The van der Waals surface area contributed by atoms with Crippen LogP contribution in [0.15, 0.2) is 18.2 Å². The summed E-state index contributed by atoms with van der Waals surface area (Å²) in [6.07, 6.45) is 1.68. The number of benzene rings is 1. The first-order valence-corrected chi connectivity index (χ1v) is 6.23. The van der Waals surface area contributed by atoms with Crippen LogP contribution in [0.2, 0.25) is 0 Å². The Morgan fingerprint density at radius 3 is 2.24 bits per heavy atom. The van der Waals surface area contributed by atoms with Gasteiger partial charge in [-0.3, -0.25) is 0 Å². The van der Waals surface area contributed by atoms with E-state index in [1.807, 2.05) is 6.92 Å². The molecule has 3 heteroatoms. The smallest absolute Gasteiger partial charge is 0.130 e. The van der Waals surface area contributed by atoms with E-state index in [0.29, 0.717) is 5.92 Å². The van der Waals surface area contributed by atoms with Crippen LogP contribution >= 0.6 is 0 Å². The van der Waals surface area contributed by atoms with Gasteiger partial charge in [0.25, 0.3) is 0 Å². The summed E-state index contributed by atoms with van der Waals surface area (Å²) in [5.74, 6) is -0.526. The molecule has 0 aliphatic rings. The molecule has 1 atom stereocenters. The van der Waals surface area contributed by atoms with Gasteiger partial charge in [-0.1, -0.05) is 26.8 Å². The van der Waals surface area contributed by atoms with E-state index in [1.165, 1.54) is 18.2 Å². The topological polar surface area (TPSA) is 12.0 Å². The SMILES string of the molecule is CCCNC(CC(C)C)c1c(F)cccc1F. The highest BCUT2D eigenvalue weighted by atomic mass is 19.1. The van der Waals surface area contributed by atoms with Crippen molar-refractivity contribution in [3.8, 4) is 0 Å². The summed E-state index contributed by atoms with van der Waals surface area (Å²) in [7, 11) is 0. The highest BCUT2D eigenvalue weighted by molar-refractivity contribution is 5.23. The molecule has 0 radical (unpaired) electrons. The van der Waals surface area contributed by atoms with Crippen molar-refractivity contribution in [2.24, 2.45) is 5.92 Å². The van der Waals surface area contributed by atoms with Crippen LogP contribution in [0.25, 0.3) is 0 Å². The number of rotatable bonds is 6. The number of nitrogens with one attached hydrogen (secondary N) is 1. The van der Waals surface area contributed by atoms with Gasteiger partial charge in [-0.25, -0.2) is 8.78 Å². The standard InChI is InChI=1S/C14H21F2N/c1-4-8-17-13(9-10(2)3)14-11(15)6-5-7-12(14)16/h5-7,10,13,17H,4,8-9H2,1-3H3. The van der Waals surface area contributed by atoms with Crippen LogP contribution in [0, 0.1) is 17.6 Å². The third-order valence-electron chi connectivity index (χ3n) is 2.70. The van der Waals surface area contributed by atoms with Gasteiger partial charge in [0.05, 0.1) is 0 Å². The summed E-state index contributed by atoms with van der Waals surface area (Å²) < 4.78 is 27.4. The summed E-state index contributed by atoms with van der Waals surface area (Å²) in [4.78, 5) is 0. The molecule has 0 fully saturated rings. The van der Waals surface area contributed by atoms with Gasteiger partial charge < -0.3 is 5.32 Å². The fraction of sp³-hybridized carbons (Fsp3) is 0.571. The van der Waals surface area contributed by atoms with E-state index >= 15 is 0 Å².